The summed E-state index contributed by atoms with van der Waals surface area (Å²) in [4.78, 5) is 31.7. The van der Waals surface area contributed by atoms with Gasteiger partial charge in [0.2, 0.25) is 0 Å². The third kappa shape index (κ3) is 4.50. The van der Waals surface area contributed by atoms with Gasteiger partial charge in [-0.15, -0.1) is 0 Å². The van der Waals surface area contributed by atoms with Crippen LogP contribution in [0, 0.1) is 5.92 Å². The van der Waals surface area contributed by atoms with Crippen LogP contribution in [0.25, 0.3) is 11.0 Å². The third-order valence-corrected chi connectivity index (χ3v) is 8.24. The van der Waals surface area contributed by atoms with Crippen LogP contribution in [0.3, 0.4) is 0 Å². The molecule has 42 heavy (non-hydrogen) atoms. The molecule has 2 aliphatic heterocycles. The molecule has 7 rings (SSSR count). The fourth-order valence-corrected chi connectivity index (χ4v) is 5.88. The van der Waals surface area contributed by atoms with E-state index in [1.54, 1.807) is 36.4 Å². The first-order chi connectivity index (χ1) is 20.5. The van der Waals surface area contributed by atoms with Crippen molar-refractivity contribution in [2.24, 2.45) is 5.92 Å². The van der Waals surface area contributed by atoms with Gasteiger partial charge in [0, 0.05) is 11.5 Å². The molecule has 1 aromatic heterocycles. The fraction of sp³-hybridized carbons (Fsp3) is 0.206. The molecule has 8 nitrogen and oxygen atoms in total. The number of hydrogen-bond donors (Lipinski definition) is 1. The average Bonchev–Trinajstić information content (AvgIpc) is 3.56. The molecular formula is C34H29N3O5. The van der Waals surface area contributed by atoms with Crippen LogP contribution in [0.15, 0.2) is 103 Å². The number of imidazole rings is 1. The van der Waals surface area contributed by atoms with Crippen LogP contribution in [-0.2, 0) is 22.6 Å². The Balaban J connectivity index is 1.19. The van der Waals surface area contributed by atoms with E-state index in [1.165, 1.54) is 4.90 Å². The van der Waals surface area contributed by atoms with Gasteiger partial charge < -0.3 is 19.1 Å². The van der Waals surface area contributed by atoms with Gasteiger partial charge >= 0.3 is 0 Å². The first-order valence-electron chi connectivity index (χ1n) is 14.0. The standard InChI is InChI=1S/C34H29N3O5/c1-21-30(18-36-20-35-28-8-4-5-9-29(28)36)41-34(42-31(21)23-12-10-22(19-38)11-13-23)24-14-16-25(17-15-24)37-32(39)26-6-2-3-7-27(26)33(37)40/h2-17,20-21,30-31,34,38H,18-19H2,1H3. The number of fused-ring (bicyclic) bond motifs is 2. The lowest BCUT2D eigenvalue weighted by Gasteiger charge is -2.41. The summed E-state index contributed by atoms with van der Waals surface area (Å²) in [6, 6.07) is 29.9. The van der Waals surface area contributed by atoms with Gasteiger partial charge in [-0.2, -0.15) is 0 Å². The van der Waals surface area contributed by atoms with E-state index < -0.39 is 6.29 Å². The van der Waals surface area contributed by atoms with E-state index in [-0.39, 0.29) is 36.5 Å². The molecule has 5 aromatic rings. The Hall–Kier alpha value is -4.63. The van der Waals surface area contributed by atoms with Crippen LogP contribution in [0.1, 0.15) is 56.7 Å². The molecule has 1 saturated heterocycles. The van der Waals surface area contributed by atoms with E-state index in [0.717, 1.165) is 27.7 Å². The van der Waals surface area contributed by atoms with Gasteiger partial charge in [-0.1, -0.05) is 67.6 Å². The highest BCUT2D eigenvalue weighted by molar-refractivity contribution is 6.34. The first kappa shape index (κ1) is 26.3. The summed E-state index contributed by atoms with van der Waals surface area (Å²) >= 11 is 0. The molecule has 1 N–H and O–H groups in total. The van der Waals surface area contributed by atoms with Crippen molar-refractivity contribution in [2.45, 2.75) is 38.6 Å². The Morgan fingerprint density at radius 3 is 2.12 bits per heavy atom. The fourth-order valence-electron chi connectivity index (χ4n) is 5.88. The first-order valence-corrected chi connectivity index (χ1v) is 14.0. The van der Waals surface area contributed by atoms with Crippen molar-refractivity contribution in [2.75, 3.05) is 4.90 Å². The highest BCUT2D eigenvalue weighted by atomic mass is 16.7. The quantitative estimate of drug-likeness (QED) is 0.264. The summed E-state index contributed by atoms with van der Waals surface area (Å²) in [7, 11) is 0. The van der Waals surface area contributed by atoms with E-state index in [0.29, 0.717) is 23.4 Å². The summed E-state index contributed by atoms with van der Waals surface area (Å²) in [5.74, 6) is -0.664. The minimum Gasteiger partial charge on any atom is -0.392 e. The zero-order valence-corrected chi connectivity index (χ0v) is 23.0. The van der Waals surface area contributed by atoms with Gasteiger partial charge in [-0.25, -0.2) is 9.88 Å². The summed E-state index contributed by atoms with van der Waals surface area (Å²) in [6.07, 6.45) is 0.680. The van der Waals surface area contributed by atoms with E-state index in [2.05, 4.69) is 16.5 Å². The molecule has 2 aliphatic rings. The molecule has 8 heteroatoms. The number of ether oxygens (including phenoxy) is 2. The minimum atomic E-state index is -0.681. The number of para-hydroxylation sites is 2. The second-order valence-corrected chi connectivity index (χ2v) is 10.8. The smallest absolute Gasteiger partial charge is 0.266 e. The number of aliphatic hydroxyl groups is 1. The van der Waals surface area contributed by atoms with Gasteiger partial charge in [-0.3, -0.25) is 9.59 Å². The number of carbonyl (C=O) groups is 2. The second kappa shape index (κ2) is 10.6. The predicted octanol–water partition coefficient (Wildman–Crippen LogP) is 5.82. The summed E-state index contributed by atoms with van der Waals surface area (Å²) < 4.78 is 15.3. The molecule has 210 valence electrons. The van der Waals surface area contributed by atoms with Crippen molar-refractivity contribution in [3.8, 4) is 0 Å². The number of aromatic nitrogens is 2. The minimum absolute atomic E-state index is 0.00000832. The number of aliphatic hydroxyl groups excluding tert-OH is 1. The van der Waals surface area contributed by atoms with Gasteiger partial charge in [0.1, 0.15) is 0 Å². The molecule has 2 amide bonds. The highest BCUT2D eigenvalue weighted by Gasteiger charge is 2.40. The number of nitrogens with zero attached hydrogens (tertiary/aromatic N) is 3. The lowest BCUT2D eigenvalue weighted by Crippen LogP contribution is -2.39. The highest BCUT2D eigenvalue weighted by Crippen LogP contribution is 2.42. The number of amides is 2. The number of rotatable bonds is 6. The molecule has 0 radical (unpaired) electrons. The lowest BCUT2D eigenvalue weighted by atomic mass is 9.90. The topological polar surface area (TPSA) is 93.9 Å². The Morgan fingerprint density at radius 2 is 1.43 bits per heavy atom. The molecule has 0 aliphatic carbocycles. The van der Waals surface area contributed by atoms with Crippen LogP contribution in [0.5, 0.6) is 0 Å². The van der Waals surface area contributed by atoms with Crippen LogP contribution in [-0.4, -0.2) is 32.6 Å². The zero-order chi connectivity index (χ0) is 28.8. The van der Waals surface area contributed by atoms with E-state index in [4.69, 9.17) is 9.47 Å². The maximum Gasteiger partial charge on any atom is 0.266 e. The zero-order valence-electron chi connectivity index (χ0n) is 23.0. The predicted molar refractivity (Wildman–Crippen MR) is 157 cm³/mol. The normalized spacial score (nSPS) is 22.1. The number of anilines is 1. The maximum absolute atomic E-state index is 13.0. The lowest BCUT2D eigenvalue weighted by molar-refractivity contribution is -0.276. The van der Waals surface area contributed by atoms with Gasteiger partial charge in [0.25, 0.3) is 11.8 Å². The van der Waals surface area contributed by atoms with Crippen molar-refractivity contribution in [3.63, 3.8) is 0 Å². The van der Waals surface area contributed by atoms with Crippen molar-refractivity contribution in [3.05, 3.63) is 131 Å². The number of imide groups is 1. The van der Waals surface area contributed by atoms with E-state index >= 15 is 0 Å². The van der Waals surface area contributed by atoms with Crippen molar-refractivity contribution >= 4 is 28.5 Å². The number of benzene rings is 4. The number of carbonyl (C=O) groups excluding carboxylic acids is 2. The Labute approximate surface area is 242 Å². The Morgan fingerprint density at radius 1 is 0.786 bits per heavy atom. The summed E-state index contributed by atoms with van der Waals surface area (Å²) in [5.41, 5.74) is 5.87. The maximum atomic E-state index is 13.0. The van der Waals surface area contributed by atoms with Crippen LogP contribution < -0.4 is 4.90 Å². The van der Waals surface area contributed by atoms with E-state index in [1.807, 2.05) is 67.0 Å². The summed E-state index contributed by atoms with van der Waals surface area (Å²) in [5, 5.41) is 9.53. The molecule has 1 fully saturated rings. The molecule has 4 unspecified atom stereocenters. The summed E-state index contributed by atoms with van der Waals surface area (Å²) in [6.45, 7) is 2.68. The SMILES string of the molecule is CC1C(Cn2cnc3ccccc32)OC(c2ccc(N3C(=O)c4ccccc4C3=O)cc2)OC1c1ccc(CO)cc1. The van der Waals surface area contributed by atoms with Crippen molar-refractivity contribution in [1.82, 2.24) is 9.55 Å². The van der Waals surface area contributed by atoms with Crippen LogP contribution in [0.4, 0.5) is 5.69 Å². The molecule has 3 heterocycles. The number of hydrogen-bond acceptors (Lipinski definition) is 6. The molecule has 0 spiro atoms. The van der Waals surface area contributed by atoms with Gasteiger partial charge in [0.05, 0.1) is 59.5 Å². The van der Waals surface area contributed by atoms with Crippen molar-refractivity contribution in [1.29, 1.82) is 0 Å². The average molecular weight is 560 g/mol. The monoisotopic (exact) mass is 559 g/mol. The Bertz CT molecular complexity index is 1740. The molecule has 4 atom stereocenters. The Kier molecular flexibility index (Phi) is 6.66. The van der Waals surface area contributed by atoms with Gasteiger partial charge in [-0.05, 0) is 47.5 Å². The van der Waals surface area contributed by atoms with Gasteiger partial charge in [0.15, 0.2) is 6.29 Å². The van der Waals surface area contributed by atoms with E-state index in [9.17, 15) is 14.7 Å². The van der Waals surface area contributed by atoms with Crippen LogP contribution in [0.2, 0.25) is 0 Å². The molecular weight excluding hydrogens is 530 g/mol. The van der Waals surface area contributed by atoms with Crippen LogP contribution >= 0.6 is 0 Å². The second-order valence-electron chi connectivity index (χ2n) is 10.8. The molecule has 4 aromatic carbocycles. The largest absolute Gasteiger partial charge is 0.392 e. The molecule has 0 bridgehead atoms. The third-order valence-electron chi connectivity index (χ3n) is 8.24. The van der Waals surface area contributed by atoms with Crippen molar-refractivity contribution < 1.29 is 24.2 Å². The molecule has 0 saturated carbocycles.